The molecule has 1 atom stereocenters. The Morgan fingerprint density at radius 3 is 2.63 bits per heavy atom. The third-order valence-corrected chi connectivity index (χ3v) is 3.56. The lowest BCUT2D eigenvalue weighted by Crippen LogP contribution is -2.25. The summed E-state index contributed by atoms with van der Waals surface area (Å²) in [7, 11) is 1.97. The van der Waals surface area contributed by atoms with Crippen molar-refractivity contribution < 1.29 is 0 Å². The number of aromatic nitrogens is 2. The highest BCUT2D eigenvalue weighted by Gasteiger charge is 2.18. The second-order valence-electron chi connectivity index (χ2n) is 4.34. The molecule has 1 aromatic heterocycles. The molecule has 5 heteroatoms. The van der Waals surface area contributed by atoms with Crippen LogP contribution in [0.3, 0.4) is 0 Å². The van der Waals surface area contributed by atoms with Gasteiger partial charge in [-0.25, -0.2) is 4.98 Å². The molecule has 0 saturated heterocycles. The topological polar surface area (TPSA) is 55.0 Å². The molecular formula is C14H17ClN4. The van der Waals surface area contributed by atoms with Crippen LogP contribution in [-0.4, -0.2) is 17.0 Å². The van der Waals surface area contributed by atoms with Crippen LogP contribution in [0.2, 0.25) is 5.02 Å². The van der Waals surface area contributed by atoms with E-state index in [2.05, 4.69) is 16.9 Å². The molecule has 2 rings (SSSR count). The standard InChI is InChI=1S/C14H17ClN4/c1-10(11-5-3-4-6-12(11)15)19(2)14-13(9-16)17-7-8-18-14/h3-8,10H,9,16H2,1-2H3. The van der Waals surface area contributed by atoms with E-state index < -0.39 is 0 Å². The first-order valence-electron chi connectivity index (χ1n) is 6.12. The van der Waals surface area contributed by atoms with Crippen molar-refractivity contribution >= 4 is 17.4 Å². The van der Waals surface area contributed by atoms with Gasteiger partial charge < -0.3 is 10.6 Å². The summed E-state index contributed by atoms with van der Waals surface area (Å²) in [5.41, 5.74) is 7.54. The molecule has 0 amide bonds. The summed E-state index contributed by atoms with van der Waals surface area (Å²) in [5, 5.41) is 0.750. The van der Waals surface area contributed by atoms with Gasteiger partial charge in [-0.3, -0.25) is 4.98 Å². The van der Waals surface area contributed by atoms with Crippen molar-refractivity contribution in [1.29, 1.82) is 0 Å². The van der Waals surface area contributed by atoms with Gasteiger partial charge in [0, 0.05) is 31.0 Å². The van der Waals surface area contributed by atoms with Crippen molar-refractivity contribution in [3.05, 3.63) is 52.9 Å². The third-order valence-electron chi connectivity index (χ3n) is 3.22. The molecule has 0 spiro atoms. The van der Waals surface area contributed by atoms with E-state index in [9.17, 15) is 0 Å². The van der Waals surface area contributed by atoms with Gasteiger partial charge in [0.05, 0.1) is 11.7 Å². The normalized spacial score (nSPS) is 12.2. The third kappa shape index (κ3) is 2.85. The molecule has 2 N–H and O–H groups in total. The zero-order valence-electron chi connectivity index (χ0n) is 11.0. The highest BCUT2D eigenvalue weighted by atomic mass is 35.5. The molecule has 1 heterocycles. The predicted molar refractivity (Wildman–Crippen MR) is 78.2 cm³/mol. The molecule has 2 aromatic rings. The van der Waals surface area contributed by atoms with Gasteiger partial charge in [0.25, 0.3) is 0 Å². The number of nitrogens with zero attached hydrogens (tertiary/aromatic N) is 3. The highest BCUT2D eigenvalue weighted by Crippen LogP contribution is 2.29. The van der Waals surface area contributed by atoms with Crippen LogP contribution < -0.4 is 10.6 Å². The number of hydrogen-bond acceptors (Lipinski definition) is 4. The summed E-state index contributed by atoms with van der Waals surface area (Å²) in [6, 6.07) is 7.90. The van der Waals surface area contributed by atoms with Crippen molar-refractivity contribution in [2.75, 3.05) is 11.9 Å². The van der Waals surface area contributed by atoms with Crippen LogP contribution in [0.4, 0.5) is 5.82 Å². The Kier molecular flexibility index (Phi) is 4.35. The zero-order valence-corrected chi connectivity index (χ0v) is 11.8. The fourth-order valence-corrected chi connectivity index (χ4v) is 2.30. The smallest absolute Gasteiger partial charge is 0.151 e. The highest BCUT2D eigenvalue weighted by molar-refractivity contribution is 6.31. The lowest BCUT2D eigenvalue weighted by molar-refractivity contribution is 0.717. The van der Waals surface area contributed by atoms with E-state index in [0.29, 0.717) is 6.54 Å². The van der Waals surface area contributed by atoms with Crippen LogP contribution in [0, 0.1) is 0 Å². The van der Waals surface area contributed by atoms with E-state index in [0.717, 1.165) is 22.1 Å². The number of anilines is 1. The van der Waals surface area contributed by atoms with Crippen molar-refractivity contribution in [2.45, 2.75) is 19.5 Å². The van der Waals surface area contributed by atoms with E-state index in [1.54, 1.807) is 12.4 Å². The number of benzene rings is 1. The predicted octanol–water partition coefficient (Wildman–Crippen LogP) is 2.79. The van der Waals surface area contributed by atoms with Crippen LogP contribution in [0.15, 0.2) is 36.7 Å². The average Bonchev–Trinajstić information content (AvgIpc) is 2.46. The maximum atomic E-state index is 6.24. The van der Waals surface area contributed by atoms with E-state index >= 15 is 0 Å². The number of halogens is 1. The van der Waals surface area contributed by atoms with Crippen LogP contribution >= 0.6 is 11.6 Å². The Morgan fingerprint density at radius 2 is 1.95 bits per heavy atom. The van der Waals surface area contributed by atoms with Gasteiger partial charge >= 0.3 is 0 Å². The van der Waals surface area contributed by atoms with Crippen molar-refractivity contribution in [3.8, 4) is 0 Å². The summed E-state index contributed by atoms with van der Waals surface area (Å²) < 4.78 is 0. The monoisotopic (exact) mass is 276 g/mol. The Bertz CT molecular complexity index is 559. The lowest BCUT2D eigenvalue weighted by Gasteiger charge is -2.28. The van der Waals surface area contributed by atoms with E-state index in [1.165, 1.54) is 0 Å². The molecule has 0 fully saturated rings. The van der Waals surface area contributed by atoms with Crippen LogP contribution in [0.5, 0.6) is 0 Å². The number of rotatable bonds is 4. The minimum atomic E-state index is 0.0932. The first kappa shape index (κ1) is 13.8. The molecule has 0 aliphatic carbocycles. The van der Waals surface area contributed by atoms with Gasteiger partial charge in [0.1, 0.15) is 0 Å². The fourth-order valence-electron chi connectivity index (χ4n) is 2.00. The molecule has 1 aromatic carbocycles. The molecular weight excluding hydrogens is 260 g/mol. The molecule has 100 valence electrons. The molecule has 0 saturated carbocycles. The molecule has 19 heavy (non-hydrogen) atoms. The summed E-state index contributed by atoms with van der Waals surface area (Å²) >= 11 is 6.24. The van der Waals surface area contributed by atoms with Crippen molar-refractivity contribution in [2.24, 2.45) is 5.73 Å². The molecule has 4 nitrogen and oxygen atoms in total. The molecule has 0 aliphatic rings. The van der Waals surface area contributed by atoms with Gasteiger partial charge in [0.2, 0.25) is 0 Å². The maximum Gasteiger partial charge on any atom is 0.151 e. The minimum Gasteiger partial charge on any atom is -0.351 e. The summed E-state index contributed by atoms with van der Waals surface area (Å²) in [4.78, 5) is 10.7. The fraction of sp³-hybridized carbons (Fsp3) is 0.286. The van der Waals surface area contributed by atoms with Crippen molar-refractivity contribution in [3.63, 3.8) is 0 Å². The Balaban J connectivity index is 2.34. The van der Waals surface area contributed by atoms with Crippen LogP contribution in [-0.2, 0) is 6.54 Å². The zero-order chi connectivity index (χ0) is 13.8. The maximum absolute atomic E-state index is 6.24. The Hall–Kier alpha value is -1.65. The average molecular weight is 277 g/mol. The second-order valence-corrected chi connectivity index (χ2v) is 4.75. The van der Waals surface area contributed by atoms with E-state index in [1.807, 2.05) is 36.2 Å². The molecule has 0 bridgehead atoms. The molecule has 1 unspecified atom stereocenters. The molecule has 0 aliphatic heterocycles. The summed E-state index contributed by atoms with van der Waals surface area (Å²) in [5.74, 6) is 0.789. The SMILES string of the molecule is CC(c1ccccc1Cl)N(C)c1nccnc1CN. The summed E-state index contributed by atoms with van der Waals surface area (Å²) in [6.45, 7) is 2.44. The van der Waals surface area contributed by atoms with E-state index in [-0.39, 0.29) is 6.04 Å². The van der Waals surface area contributed by atoms with Gasteiger partial charge in [-0.15, -0.1) is 0 Å². The number of nitrogens with two attached hydrogens (primary N) is 1. The molecule has 0 radical (unpaired) electrons. The minimum absolute atomic E-state index is 0.0932. The first-order valence-corrected chi connectivity index (χ1v) is 6.50. The van der Waals surface area contributed by atoms with Gasteiger partial charge in [-0.1, -0.05) is 29.8 Å². The van der Waals surface area contributed by atoms with Gasteiger partial charge in [-0.2, -0.15) is 0 Å². The second kappa shape index (κ2) is 5.99. The quantitative estimate of drug-likeness (QED) is 0.933. The first-order chi connectivity index (χ1) is 9.15. The summed E-state index contributed by atoms with van der Waals surface area (Å²) in [6.07, 6.45) is 3.32. The Labute approximate surface area is 118 Å². The largest absolute Gasteiger partial charge is 0.351 e. The van der Waals surface area contributed by atoms with Crippen LogP contribution in [0.25, 0.3) is 0 Å². The number of hydrogen-bond donors (Lipinski definition) is 1. The van der Waals surface area contributed by atoms with Crippen LogP contribution in [0.1, 0.15) is 24.2 Å². The Morgan fingerprint density at radius 1 is 1.26 bits per heavy atom. The van der Waals surface area contributed by atoms with E-state index in [4.69, 9.17) is 17.3 Å². The van der Waals surface area contributed by atoms with Gasteiger partial charge in [0.15, 0.2) is 5.82 Å². The van der Waals surface area contributed by atoms with Crippen molar-refractivity contribution in [1.82, 2.24) is 9.97 Å². The van der Waals surface area contributed by atoms with Gasteiger partial charge in [-0.05, 0) is 18.6 Å². The lowest BCUT2D eigenvalue weighted by atomic mass is 10.1.